The molecule has 1 fully saturated rings. The minimum absolute atomic E-state index is 0.0209. The quantitative estimate of drug-likeness (QED) is 0.748. The van der Waals surface area contributed by atoms with Gasteiger partial charge in [-0.25, -0.2) is 9.97 Å². The first-order chi connectivity index (χ1) is 11.7. The van der Waals surface area contributed by atoms with Crippen molar-refractivity contribution in [3.8, 4) is 5.75 Å². The summed E-state index contributed by atoms with van der Waals surface area (Å²) in [4.78, 5) is 28.2. The standard InChI is InChI=1S/C17H17N5O2/c23-12-3-4-15(19-10-12)21-6-8-22(9-7-21)17(24)14-11-20-16-13(14)2-1-5-18-16/h1-5,10-11,23H,6-9H2,(H,18,20). The zero-order valence-electron chi connectivity index (χ0n) is 13.0. The van der Waals surface area contributed by atoms with E-state index in [-0.39, 0.29) is 11.7 Å². The van der Waals surface area contributed by atoms with Gasteiger partial charge in [0, 0.05) is 44.0 Å². The molecule has 3 aromatic rings. The maximum Gasteiger partial charge on any atom is 0.256 e. The number of hydrogen-bond donors (Lipinski definition) is 2. The van der Waals surface area contributed by atoms with Crippen molar-refractivity contribution >= 4 is 22.8 Å². The molecule has 122 valence electrons. The summed E-state index contributed by atoms with van der Waals surface area (Å²) < 4.78 is 0. The number of rotatable bonds is 2. The number of hydrogen-bond acceptors (Lipinski definition) is 5. The lowest BCUT2D eigenvalue weighted by Crippen LogP contribution is -2.49. The van der Waals surface area contributed by atoms with E-state index in [1.165, 1.54) is 6.20 Å². The fraction of sp³-hybridized carbons (Fsp3) is 0.235. The number of piperazine rings is 1. The number of fused-ring (bicyclic) bond motifs is 1. The zero-order chi connectivity index (χ0) is 16.5. The highest BCUT2D eigenvalue weighted by atomic mass is 16.3. The van der Waals surface area contributed by atoms with Crippen molar-refractivity contribution < 1.29 is 9.90 Å². The molecular weight excluding hydrogens is 306 g/mol. The van der Waals surface area contributed by atoms with Gasteiger partial charge in [-0.1, -0.05) is 0 Å². The summed E-state index contributed by atoms with van der Waals surface area (Å²) in [6.07, 6.45) is 4.87. The lowest BCUT2D eigenvalue weighted by Gasteiger charge is -2.35. The summed E-state index contributed by atoms with van der Waals surface area (Å²) in [5.74, 6) is 0.990. The van der Waals surface area contributed by atoms with Crippen LogP contribution < -0.4 is 4.90 Å². The van der Waals surface area contributed by atoms with Gasteiger partial charge in [0.1, 0.15) is 17.2 Å². The number of nitrogens with one attached hydrogen (secondary N) is 1. The highest BCUT2D eigenvalue weighted by Crippen LogP contribution is 2.20. The Bertz CT molecular complexity index is 866. The SMILES string of the molecule is O=C(c1c[nH]c2ncccc12)N1CCN(c2ccc(O)cn2)CC1. The number of pyridine rings is 2. The van der Waals surface area contributed by atoms with Crippen LogP contribution in [0.4, 0.5) is 5.82 Å². The number of anilines is 1. The highest BCUT2D eigenvalue weighted by molar-refractivity contribution is 6.05. The number of H-pyrrole nitrogens is 1. The predicted molar refractivity (Wildman–Crippen MR) is 90.1 cm³/mol. The van der Waals surface area contributed by atoms with Crippen molar-refractivity contribution in [3.63, 3.8) is 0 Å². The molecule has 4 rings (SSSR count). The molecule has 0 aromatic carbocycles. The maximum absolute atomic E-state index is 12.8. The van der Waals surface area contributed by atoms with Crippen LogP contribution in [0.5, 0.6) is 5.75 Å². The number of aromatic amines is 1. The molecular formula is C17H17N5O2. The molecule has 1 amide bonds. The van der Waals surface area contributed by atoms with E-state index in [2.05, 4.69) is 19.9 Å². The molecule has 0 spiro atoms. The van der Waals surface area contributed by atoms with Gasteiger partial charge in [-0.15, -0.1) is 0 Å². The van der Waals surface area contributed by atoms with Crippen molar-refractivity contribution in [1.29, 1.82) is 0 Å². The number of carbonyl (C=O) groups excluding carboxylic acids is 1. The Morgan fingerprint density at radius 2 is 1.96 bits per heavy atom. The first-order valence-corrected chi connectivity index (χ1v) is 7.84. The molecule has 1 saturated heterocycles. The van der Waals surface area contributed by atoms with Gasteiger partial charge >= 0.3 is 0 Å². The summed E-state index contributed by atoms with van der Waals surface area (Å²) in [7, 11) is 0. The normalized spacial score (nSPS) is 15.0. The molecule has 1 aliphatic heterocycles. The fourth-order valence-electron chi connectivity index (χ4n) is 3.01. The molecule has 4 heterocycles. The van der Waals surface area contributed by atoms with Crippen LogP contribution in [0.1, 0.15) is 10.4 Å². The van der Waals surface area contributed by atoms with Gasteiger partial charge in [-0.3, -0.25) is 4.79 Å². The van der Waals surface area contributed by atoms with Crippen molar-refractivity contribution in [2.75, 3.05) is 31.1 Å². The van der Waals surface area contributed by atoms with Crippen molar-refractivity contribution in [2.45, 2.75) is 0 Å². The smallest absolute Gasteiger partial charge is 0.256 e. The maximum atomic E-state index is 12.8. The molecule has 24 heavy (non-hydrogen) atoms. The van der Waals surface area contributed by atoms with Gasteiger partial charge in [-0.2, -0.15) is 0 Å². The first-order valence-electron chi connectivity index (χ1n) is 7.84. The largest absolute Gasteiger partial charge is 0.506 e. The van der Waals surface area contributed by atoms with E-state index < -0.39 is 0 Å². The Kier molecular flexibility index (Phi) is 3.53. The van der Waals surface area contributed by atoms with E-state index in [9.17, 15) is 9.90 Å². The Morgan fingerprint density at radius 3 is 2.71 bits per heavy atom. The van der Waals surface area contributed by atoms with Crippen LogP contribution in [0.2, 0.25) is 0 Å². The molecule has 0 radical (unpaired) electrons. The van der Waals surface area contributed by atoms with Gasteiger partial charge in [0.25, 0.3) is 5.91 Å². The second-order valence-corrected chi connectivity index (χ2v) is 5.76. The number of nitrogens with zero attached hydrogens (tertiary/aromatic N) is 4. The van der Waals surface area contributed by atoms with Gasteiger partial charge in [0.15, 0.2) is 0 Å². The molecule has 7 heteroatoms. The summed E-state index contributed by atoms with van der Waals surface area (Å²) >= 11 is 0. The van der Waals surface area contributed by atoms with Crippen LogP contribution in [-0.4, -0.2) is 57.0 Å². The van der Waals surface area contributed by atoms with E-state index in [1.807, 2.05) is 17.0 Å². The van der Waals surface area contributed by atoms with Crippen molar-refractivity contribution in [2.24, 2.45) is 0 Å². The monoisotopic (exact) mass is 323 g/mol. The topological polar surface area (TPSA) is 85.4 Å². The highest BCUT2D eigenvalue weighted by Gasteiger charge is 2.24. The summed E-state index contributed by atoms with van der Waals surface area (Å²) in [5, 5.41) is 10.2. The van der Waals surface area contributed by atoms with Crippen LogP contribution >= 0.6 is 0 Å². The molecule has 0 saturated carbocycles. The third-order valence-electron chi connectivity index (χ3n) is 4.30. The molecule has 7 nitrogen and oxygen atoms in total. The van der Waals surface area contributed by atoms with Gasteiger partial charge in [-0.05, 0) is 24.3 Å². The summed E-state index contributed by atoms with van der Waals surface area (Å²) in [6.45, 7) is 2.69. The average Bonchev–Trinajstić information content (AvgIpc) is 3.06. The molecule has 0 unspecified atom stereocenters. The summed E-state index contributed by atoms with van der Waals surface area (Å²) in [5.41, 5.74) is 1.39. The van der Waals surface area contributed by atoms with Crippen LogP contribution in [0.15, 0.2) is 42.9 Å². The van der Waals surface area contributed by atoms with E-state index in [0.29, 0.717) is 31.7 Å². The number of aromatic nitrogens is 3. The predicted octanol–water partition coefficient (Wildman–Crippen LogP) is 1.63. The molecule has 0 bridgehead atoms. The van der Waals surface area contributed by atoms with Gasteiger partial charge < -0.3 is 19.9 Å². The van der Waals surface area contributed by atoms with Gasteiger partial charge in [0.2, 0.25) is 0 Å². The third kappa shape index (κ3) is 2.54. The Balaban J connectivity index is 1.47. The number of amides is 1. The van der Waals surface area contributed by atoms with Crippen molar-refractivity contribution in [1.82, 2.24) is 19.9 Å². The second kappa shape index (κ2) is 5.84. The lowest BCUT2D eigenvalue weighted by atomic mass is 10.2. The minimum atomic E-state index is 0.0209. The second-order valence-electron chi connectivity index (χ2n) is 5.76. The first kappa shape index (κ1) is 14.5. The van der Waals surface area contributed by atoms with E-state index in [1.54, 1.807) is 24.5 Å². The van der Waals surface area contributed by atoms with Crippen LogP contribution in [0, 0.1) is 0 Å². The fourth-order valence-corrected chi connectivity index (χ4v) is 3.01. The molecule has 2 N–H and O–H groups in total. The van der Waals surface area contributed by atoms with E-state index in [4.69, 9.17) is 0 Å². The number of carbonyl (C=O) groups is 1. The molecule has 0 aliphatic carbocycles. The Morgan fingerprint density at radius 1 is 1.12 bits per heavy atom. The van der Waals surface area contributed by atoms with Crippen LogP contribution in [-0.2, 0) is 0 Å². The summed E-state index contributed by atoms with van der Waals surface area (Å²) in [6, 6.07) is 7.15. The Hall–Kier alpha value is -3.09. The van der Waals surface area contributed by atoms with Gasteiger partial charge in [0.05, 0.1) is 11.8 Å². The van der Waals surface area contributed by atoms with Crippen molar-refractivity contribution in [3.05, 3.63) is 48.4 Å². The van der Waals surface area contributed by atoms with Crippen LogP contribution in [0.3, 0.4) is 0 Å². The number of aromatic hydroxyl groups is 1. The van der Waals surface area contributed by atoms with E-state index >= 15 is 0 Å². The van der Waals surface area contributed by atoms with Crippen LogP contribution in [0.25, 0.3) is 11.0 Å². The third-order valence-corrected chi connectivity index (χ3v) is 4.30. The average molecular weight is 323 g/mol. The molecule has 3 aromatic heterocycles. The zero-order valence-corrected chi connectivity index (χ0v) is 13.0. The lowest BCUT2D eigenvalue weighted by molar-refractivity contribution is 0.0748. The van der Waals surface area contributed by atoms with E-state index in [0.717, 1.165) is 16.9 Å². The minimum Gasteiger partial charge on any atom is -0.506 e. The Labute approximate surface area is 138 Å². The molecule has 1 aliphatic rings. The molecule has 0 atom stereocenters.